The lowest BCUT2D eigenvalue weighted by Gasteiger charge is -2.14. The van der Waals surface area contributed by atoms with Crippen molar-refractivity contribution < 1.29 is 27.4 Å². The molecule has 3 aromatic carbocycles. The van der Waals surface area contributed by atoms with Crippen LogP contribution in [0.3, 0.4) is 0 Å². The Labute approximate surface area is 209 Å². The van der Waals surface area contributed by atoms with Gasteiger partial charge >= 0.3 is 6.18 Å². The van der Waals surface area contributed by atoms with Crippen LogP contribution in [0.25, 0.3) is 6.08 Å². The van der Waals surface area contributed by atoms with Crippen LogP contribution in [-0.4, -0.2) is 13.0 Å². The largest absolute Gasteiger partial charge is 0.493 e. The summed E-state index contributed by atoms with van der Waals surface area (Å²) in [6.45, 7) is 0.0395. The molecule has 182 valence electrons. The molecule has 0 aliphatic rings. The number of amides is 1. The minimum Gasteiger partial charge on any atom is -0.493 e. The normalized spacial score (nSPS) is 11.2. The van der Waals surface area contributed by atoms with Crippen molar-refractivity contribution in [1.29, 1.82) is 10.5 Å². The van der Waals surface area contributed by atoms with Crippen molar-refractivity contribution in [1.82, 2.24) is 0 Å². The third-order valence-electron chi connectivity index (χ3n) is 4.89. The summed E-state index contributed by atoms with van der Waals surface area (Å²) < 4.78 is 49.9. The van der Waals surface area contributed by atoms with Gasteiger partial charge in [-0.3, -0.25) is 4.79 Å². The molecule has 3 aromatic rings. The highest BCUT2D eigenvalue weighted by Gasteiger charge is 2.30. The third-order valence-corrected chi connectivity index (χ3v) is 5.17. The van der Waals surface area contributed by atoms with Gasteiger partial charge in [-0.25, -0.2) is 0 Å². The number of ether oxygens (including phenoxy) is 2. The van der Waals surface area contributed by atoms with Gasteiger partial charge in [-0.15, -0.1) is 0 Å². The molecule has 0 fully saturated rings. The SMILES string of the molecule is COc1cc(/C=C(/C#N)C(=O)Nc2cccc(C(F)(F)F)c2)cc(Cl)c1OCc1ccccc1C#N. The summed E-state index contributed by atoms with van der Waals surface area (Å²) in [6.07, 6.45) is -3.37. The molecular weight excluding hydrogens is 495 g/mol. The summed E-state index contributed by atoms with van der Waals surface area (Å²) >= 11 is 6.36. The topological polar surface area (TPSA) is 95.1 Å². The van der Waals surface area contributed by atoms with Gasteiger partial charge in [0.25, 0.3) is 5.91 Å². The van der Waals surface area contributed by atoms with E-state index in [-0.39, 0.29) is 34.4 Å². The quantitative estimate of drug-likeness (QED) is 0.294. The molecule has 0 aliphatic carbocycles. The molecular formula is C26H17ClF3N3O3. The fraction of sp³-hybridized carbons (Fsp3) is 0.115. The van der Waals surface area contributed by atoms with Gasteiger partial charge in [0.15, 0.2) is 11.5 Å². The van der Waals surface area contributed by atoms with Gasteiger partial charge in [-0.1, -0.05) is 35.9 Å². The van der Waals surface area contributed by atoms with E-state index in [2.05, 4.69) is 11.4 Å². The first-order valence-electron chi connectivity index (χ1n) is 10.2. The highest BCUT2D eigenvalue weighted by Crippen LogP contribution is 2.38. The van der Waals surface area contributed by atoms with E-state index in [0.29, 0.717) is 16.7 Å². The van der Waals surface area contributed by atoms with Crippen molar-refractivity contribution in [3.05, 3.63) is 93.5 Å². The highest BCUT2D eigenvalue weighted by atomic mass is 35.5. The molecule has 0 aromatic heterocycles. The molecule has 0 atom stereocenters. The van der Waals surface area contributed by atoms with Crippen LogP contribution < -0.4 is 14.8 Å². The van der Waals surface area contributed by atoms with Gasteiger partial charge < -0.3 is 14.8 Å². The van der Waals surface area contributed by atoms with Gasteiger partial charge in [0.2, 0.25) is 0 Å². The number of nitriles is 2. The fourth-order valence-electron chi connectivity index (χ4n) is 3.16. The first kappa shape index (κ1) is 26.1. The first-order chi connectivity index (χ1) is 17.2. The molecule has 10 heteroatoms. The van der Waals surface area contributed by atoms with Crippen LogP contribution in [0.2, 0.25) is 5.02 Å². The maximum Gasteiger partial charge on any atom is 0.416 e. The Morgan fingerprint density at radius 2 is 1.86 bits per heavy atom. The van der Waals surface area contributed by atoms with Crippen LogP contribution in [0.15, 0.2) is 66.2 Å². The summed E-state index contributed by atoms with van der Waals surface area (Å²) in [5.41, 5.74) is -0.0301. The standard InChI is InChI=1S/C26H17ClF3N3O3/c1-35-23-11-16(10-22(27)24(23)36-15-18-6-3-2-5-17(18)13-31)9-19(14-32)25(34)33-21-8-4-7-20(12-21)26(28,29)30/h2-12H,15H2,1H3,(H,33,34)/b19-9-. The summed E-state index contributed by atoms with van der Waals surface area (Å²) in [4.78, 5) is 12.5. The molecule has 0 radical (unpaired) electrons. The monoisotopic (exact) mass is 511 g/mol. The number of hydrogen-bond acceptors (Lipinski definition) is 5. The Balaban J connectivity index is 1.83. The van der Waals surface area contributed by atoms with E-state index < -0.39 is 17.6 Å². The third kappa shape index (κ3) is 6.35. The Morgan fingerprint density at radius 3 is 2.53 bits per heavy atom. The highest BCUT2D eigenvalue weighted by molar-refractivity contribution is 6.32. The predicted molar refractivity (Wildman–Crippen MR) is 127 cm³/mol. The van der Waals surface area contributed by atoms with Gasteiger partial charge in [0.1, 0.15) is 18.2 Å². The van der Waals surface area contributed by atoms with Crippen LogP contribution in [0.1, 0.15) is 22.3 Å². The van der Waals surface area contributed by atoms with Gasteiger partial charge in [0.05, 0.1) is 29.3 Å². The second-order valence-electron chi connectivity index (χ2n) is 7.29. The number of alkyl halides is 3. The number of nitrogens with one attached hydrogen (secondary N) is 1. The van der Waals surface area contributed by atoms with Crippen LogP contribution in [0.4, 0.5) is 18.9 Å². The number of hydrogen-bond donors (Lipinski definition) is 1. The van der Waals surface area contributed by atoms with Crippen LogP contribution in [-0.2, 0) is 17.6 Å². The molecule has 0 heterocycles. The molecule has 0 saturated carbocycles. The molecule has 0 saturated heterocycles. The van der Waals surface area contributed by atoms with Gasteiger partial charge in [-0.2, -0.15) is 23.7 Å². The molecule has 1 N–H and O–H groups in total. The number of nitrogens with zero attached hydrogens (tertiary/aromatic N) is 2. The number of carbonyl (C=O) groups is 1. The van der Waals surface area contributed by atoms with Crippen molar-refractivity contribution >= 4 is 29.3 Å². The zero-order valence-corrected chi connectivity index (χ0v) is 19.4. The molecule has 1 amide bonds. The smallest absolute Gasteiger partial charge is 0.416 e. The van der Waals surface area contributed by atoms with Crippen LogP contribution in [0.5, 0.6) is 11.5 Å². The van der Waals surface area contributed by atoms with E-state index in [1.54, 1.807) is 30.3 Å². The van der Waals surface area contributed by atoms with E-state index >= 15 is 0 Å². The number of methoxy groups -OCH3 is 1. The van der Waals surface area contributed by atoms with Gasteiger partial charge in [-0.05, 0) is 48.0 Å². The zero-order valence-electron chi connectivity index (χ0n) is 18.7. The molecule has 0 aliphatic heterocycles. The minimum absolute atomic E-state index is 0.0395. The number of anilines is 1. The molecule has 6 nitrogen and oxygen atoms in total. The van der Waals surface area contributed by atoms with E-state index in [1.165, 1.54) is 31.4 Å². The van der Waals surface area contributed by atoms with Crippen molar-refractivity contribution in [2.24, 2.45) is 0 Å². The number of benzene rings is 3. The second-order valence-corrected chi connectivity index (χ2v) is 7.70. The summed E-state index contributed by atoms with van der Waals surface area (Å²) in [5.74, 6) is -0.505. The molecule has 3 rings (SSSR count). The summed E-state index contributed by atoms with van der Waals surface area (Å²) in [7, 11) is 1.38. The summed E-state index contributed by atoms with van der Waals surface area (Å²) in [6, 6.07) is 17.7. The fourth-order valence-corrected chi connectivity index (χ4v) is 3.43. The second kappa shape index (κ2) is 11.3. The van der Waals surface area contributed by atoms with Gasteiger partial charge in [0, 0.05) is 11.3 Å². The Hall–Kier alpha value is -4.47. The van der Waals surface area contributed by atoms with E-state index in [1.807, 2.05) is 0 Å². The maximum absolute atomic E-state index is 12.9. The lowest BCUT2D eigenvalue weighted by molar-refractivity contribution is -0.137. The van der Waals surface area contributed by atoms with E-state index in [0.717, 1.165) is 18.2 Å². The molecule has 36 heavy (non-hydrogen) atoms. The lowest BCUT2D eigenvalue weighted by atomic mass is 10.1. The van der Waals surface area contributed by atoms with Crippen LogP contribution in [0, 0.1) is 22.7 Å². The van der Waals surface area contributed by atoms with Crippen molar-refractivity contribution in [3.8, 4) is 23.6 Å². The number of rotatable bonds is 7. The van der Waals surface area contributed by atoms with Crippen molar-refractivity contribution in [2.45, 2.75) is 12.8 Å². The zero-order chi connectivity index (χ0) is 26.3. The first-order valence-corrected chi connectivity index (χ1v) is 10.6. The average molecular weight is 512 g/mol. The maximum atomic E-state index is 12.9. The van der Waals surface area contributed by atoms with E-state index in [9.17, 15) is 28.5 Å². The lowest BCUT2D eigenvalue weighted by Crippen LogP contribution is -2.14. The number of carbonyl (C=O) groups excluding carboxylic acids is 1. The van der Waals surface area contributed by atoms with E-state index in [4.69, 9.17) is 21.1 Å². The average Bonchev–Trinajstić information content (AvgIpc) is 2.86. The predicted octanol–water partition coefficient (Wildman–Crippen LogP) is 6.36. The van der Waals surface area contributed by atoms with Crippen molar-refractivity contribution in [3.63, 3.8) is 0 Å². The van der Waals surface area contributed by atoms with Crippen LogP contribution >= 0.6 is 11.6 Å². The molecule has 0 spiro atoms. The Kier molecular flexibility index (Phi) is 8.21. The van der Waals surface area contributed by atoms with Crippen molar-refractivity contribution in [2.75, 3.05) is 12.4 Å². The molecule has 0 bridgehead atoms. The Bertz CT molecular complexity index is 1410. The molecule has 0 unspecified atom stereocenters. The minimum atomic E-state index is -4.58. The number of halogens is 4. The summed E-state index contributed by atoms with van der Waals surface area (Å²) in [5, 5.41) is 21.1. The Morgan fingerprint density at radius 1 is 1.11 bits per heavy atom.